The highest BCUT2D eigenvalue weighted by Crippen LogP contribution is 2.17. The van der Waals surface area contributed by atoms with E-state index in [1.54, 1.807) is 6.92 Å². The molecule has 1 aromatic rings. The molecular formula is C12H16N2O4. The van der Waals surface area contributed by atoms with Crippen LogP contribution in [-0.4, -0.2) is 34.6 Å². The fourth-order valence-electron chi connectivity index (χ4n) is 1.29. The maximum absolute atomic E-state index is 11.6. The van der Waals surface area contributed by atoms with Gasteiger partial charge in [0.1, 0.15) is 5.56 Å². The number of hydrogen-bond acceptors (Lipinski definition) is 4. The Balaban J connectivity index is 2.72. The molecule has 0 aliphatic carbocycles. The standard InChI is InChI=1S/C12H16N2O4/c1-3-5-14-11(15)8(2)18-10-7-13-6-4-9(10)12(16)17/h4,6-8H,3,5H2,1-2H3,(H,14,15)(H,16,17). The van der Waals surface area contributed by atoms with Crippen molar-refractivity contribution in [2.75, 3.05) is 6.54 Å². The van der Waals surface area contributed by atoms with E-state index >= 15 is 0 Å². The number of hydrogen-bond donors (Lipinski definition) is 2. The summed E-state index contributed by atoms with van der Waals surface area (Å²) in [6.45, 7) is 4.06. The lowest BCUT2D eigenvalue weighted by molar-refractivity contribution is -0.127. The maximum Gasteiger partial charge on any atom is 0.339 e. The van der Waals surface area contributed by atoms with Crippen LogP contribution in [0, 0.1) is 0 Å². The Kier molecular flexibility index (Phi) is 5.10. The number of carboxylic acid groups (broad SMARTS) is 1. The lowest BCUT2D eigenvalue weighted by Crippen LogP contribution is -2.36. The van der Waals surface area contributed by atoms with Gasteiger partial charge in [0, 0.05) is 12.7 Å². The molecular weight excluding hydrogens is 236 g/mol. The lowest BCUT2D eigenvalue weighted by atomic mass is 10.2. The van der Waals surface area contributed by atoms with Crippen LogP contribution in [0.5, 0.6) is 5.75 Å². The number of ether oxygens (including phenoxy) is 1. The SMILES string of the molecule is CCCNC(=O)C(C)Oc1cnccc1C(=O)O. The molecule has 2 N–H and O–H groups in total. The number of nitrogens with zero attached hydrogens (tertiary/aromatic N) is 1. The summed E-state index contributed by atoms with van der Waals surface area (Å²) in [5.74, 6) is -1.31. The van der Waals surface area contributed by atoms with Gasteiger partial charge in [-0.2, -0.15) is 0 Å². The highest BCUT2D eigenvalue weighted by molar-refractivity contribution is 5.90. The van der Waals surface area contributed by atoms with Crippen LogP contribution in [0.2, 0.25) is 0 Å². The third kappa shape index (κ3) is 3.73. The Morgan fingerprint density at radius 3 is 2.89 bits per heavy atom. The van der Waals surface area contributed by atoms with Crippen LogP contribution in [0.15, 0.2) is 18.5 Å². The number of pyridine rings is 1. The van der Waals surface area contributed by atoms with E-state index in [9.17, 15) is 9.59 Å². The summed E-state index contributed by atoms with van der Waals surface area (Å²) in [5.41, 5.74) is -0.0138. The molecule has 1 rings (SSSR count). The number of nitrogens with one attached hydrogen (secondary N) is 1. The third-order valence-electron chi connectivity index (χ3n) is 2.24. The molecule has 0 spiro atoms. The van der Waals surface area contributed by atoms with E-state index in [0.29, 0.717) is 6.54 Å². The molecule has 1 atom stereocenters. The van der Waals surface area contributed by atoms with Crippen molar-refractivity contribution in [3.05, 3.63) is 24.0 Å². The van der Waals surface area contributed by atoms with Gasteiger partial charge >= 0.3 is 5.97 Å². The van der Waals surface area contributed by atoms with Crippen LogP contribution in [0.3, 0.4) is 0 Å². The average Bonchev–Trinajstić information content (AvgIpc) is 2.36. The predicted octanol–water partition coefficient (Wildman–Crippen LogP) is 1.07. The molecule has 1 amide bonds. The summed E-state index contributed by atoms with van der Waals surface area (Å²) in [5, 5.41) is 11.6. The van der Waals surface area contributed by atoms with Crippen molar-refractivity contribution in [1.29, 1.82) is 0 Å². The van der Waals surface area contributed by atoms with Crippen molar-refractivity contribution in [2.45, 2.75) is 26.4 Å². The minimum Gasteiger partial charge on any atom is -0.478 e. The number of amides is 1. The summed E-state index contributed by atoms with van der Waals surface area (Å²) in [7, 11) is 0. The minimum atomic E-state index is -1.12. The van der Waals surface area contributed by atoms with Crippen molar-refractivity contribution < 1.29 is 19.4 Å². The number of rotatable bonds is 6. The molecule has 0 aromatic carbocycles. The zero-order valence-electron chi connectivity index (χ0n) is 10.3. The topological polar surface area (TPSA) is 88.5 Å². The van der Waals surface area contributed by atoms with Gasteiger partial charge in [-0.3, -0.25) is 9.78 Å². The highest BCUT2D eigenvalue weighted by Gasteiger charge is 2.18. The molecule has 1 aromatic heterocycles. The van der Waals surface area contributed by atoms with E-state index in [2.05, 4.69) is 10.3 Å². The summed E-state index contributed by atoms with van der Waals surface area (Å²) in [6.07, 6.45) is 2.70. The monoisotopic (exact) mass is 252 g/mol. The molecule has 18 heavy (non-hydrogen) atoms. The normalized spacial score (nSPS) is 11.7. The number of carbonyl (C=O) groups excluding carboxylic acids is 1. The van der Waals surface area contributed by atoms with E-state index in [4.69, 9.17) is 9.84 Å². The van der Waals surface area contributed by atoms with Crippen molar-refractivity contribution in [1.82, 2.24) is 10.3 Å². The number of carboxylic acids is 1. The molecule has 6 heteroatoms. The average molecular weight is 252 g/mol. The summed E-state index contributed by atoms with van der Waals surface area (Å²) in [6, 6.07) is 1.33. The van der Waals surface area contributed by atoms with Crippen molar-refractivity contribution >= 4 is 11.9 Å². The van der Waals surface area contributed by atoms with E-state index in [0.717, 1.165) is 6.42 Å². The first-order chi connectivity index (χ1) is 8.56. The minimum absolute atomic E-state index is 0.0138. The molecule has 0 radical (unpaired) electrons. The molecule has 0 aliphatic rings. The van der Waals surface area contributed by atoms with Gasteiger partial charge in [0.2, 0.25) is 0 Å². The second-order valence-electron chi connectivity index (χ2n) is 3.73. The molecule has 0 aliphatic heterocycles. The Labute approximate surface area is 105 Å². The van der Waals surface area contributed by atoms with Gasteiger partial charge in [0.25, 0.3) is 5.91 Å². The van der Waals surface area contributed by atoms with Gasteiger partial charge in [0.15, 0.2) is 11.9 Å². The molecule has 0 fully saturated rings. The summed E-state index contributed by atoms with van der Waals surface area (Å²) >= 11 is 0. The van der Waals surface area contributed by atoms with E-state index < -0.39 is 12.1 Å². The van der Waals surface area contributed by atoms with Crippen molar-refractivity contribution in [2.24, 2.45) is 0 Å². The molecule has 1 heterocycles. The quantitative estimate of drug-likeness (QED) is 0.790. The molecule has 0 saturated heterocycles. The fraction of sp³-hybridized carbons (Fsp3) is 0.417. The van der Waals surface area contributed by atoms with Crippen LogP contribution in [0.4, 0.5) is 0 Å². The maximum atomic E-state index is 11.6. The first kappa shape index (κ1) is 14.0. The van der Waals surface area contributed by atoms with Gasteiger partial charge in [-0.25, -0.2) is 4.79 Å². The second kappa shape index (κ2) is 6.58. The Bertz CT molecular complexity index is 434. The molecule has 98 valence electrons. The fourth-order valence-corrected chi connectivity index (χ4v) is 1.29. The number of aromatic carboxylic acids is 1. The van der Waals surface area contributed by atoms with Gasteiger partial charge in [-0.15, -0.1) is 0 Å². The van der Waals surface area contributed by atoms with Gasteiger partial charge < -0.3 is 15.2 Å². The summed E-state index contributed by atoms with van der Waals surface area (Å²) in [4.78, 5) is 26.3. The Morgan fingerprint density at radius 1 is 1.56 bits per heavy atom. The molecule has 6 nitrogen and oxygen atoms in total. The first-order valence-corrected chi connectivity index (χ1v) is 5.68. The van der Waals surface area contributed by atoms with Crippen molar-refractivity contribution in [3.63, 3.8) is 0 Å². The van der Waals surface area contributed by atoms with Crippen molar-refractivity contribution in [3.8, 4) is 5.75 Å². The van der Waals surface area contributed by atoms with E-state index in [1.807, 2.05) is 6.92 Å². The molecule has 0 bridgehead atoms. The number of aromatic nitrogens is 1. The zero-order valence-corrected chi connectivity index (χ0v) is 10.3. The molecule has 0 saturated carbocycles. The van der Waals surface area contributed by atoms with E-state index in [1.165, 1.54) is 18.5 Å². The molecule has 1 unspecified atom stereocenters. The predicted molar refractivity (Wildman–Crippen MR) is 64.6 cm³/mol. The van der Waals surface area contributed by atoms with Crippen LogP contribution in [-0.2, 0) is 4.79 Å². The largest absolute Gasteiger partial charge is 0.478 e. The Morgan fingerprint density at radius 2 is 2.28 bits per heavy atom. The van der Waals surface area contributed by atoms with Gasteiger partial charge in [-0.1, -0.05) is 6.92 Å². The lowest BCUT2D eigenvalue weighted by Gasteiger charge is -2.15. The van der Waals surface area contributed by atoms with E-state index in [-0.39, 0.29) is 17.2 Å². The number of carbonyl (C=O) groups is 2. The van der Waals surface area contributed by atoms with Crippen LogP contribution in [0.25, 0.3) is 0 Å². The Hall–Kier alpha value is -2.11. The second-order valence-corrected chi connectivity index (χ2v) is 3.73. The highest BCUT2D eigenvalue weighted by atomic mass is 16.5. The third-order valence-corrected chi connectivity index (χ3v) is 2.24. The first-order valence-electron chi connectivity index (χ1n) is 5.68. The van der Waals surface area contributed by atoms with Crippen LogP contribution < -0.4 is 10.1 Å². The zero-order chi connectivity index (χ0) is 13.5. The summed E-state index contributed by atoms with van der Waals surface area (Å²) < 4.78 is 5.31. The van der Waals surface area contributed by atoms with Gasteiger partial charge in [-0.05, 0) is 19.4 Å². The van der Waals surface area contributed by atoms with Gasteiger partial charge in [0.05, 0.1) is 6.20 Å². The smallest absolute Gasteiger partial charge is 0.339 e. The van der Waals surface area contributed by atoms with Crippen LogP contribution in [0.1, 0.15) is 30.6 Å². The van der Waals surface area contributed by atoms with Crippen LogP contribution >= 0.6 is 0 Å².